The third-order valence-electron chi connectivity index (χ3n) is 3.71. The van der Waals surface area contributed by atoms with Crippen molar-refractivity contribution >= 4 is 40.1 Å². The van der Waals surface area contributed by atoms with Crippen molar-refractivity contribution in [1.29, 1.82) is 0 Å². The van der Waals surface area contributed by atoms with Crippen LogP contribution in [0.4, 0.5) is 0 Å². The van der Waals surface area contributed by atoms with Crippen molar-refractivity contribution in [3.05, 3.63) is 100 Å². The number of amides is 1. The number of aromatic nitrogens is 1. The molecule has 29 heavy (non-hydrogen) atoms. The van der Waals surface area contributed by atoms with Crippen molar-refractivity contribution in [3.8, 4) is 5.75 Å². The van der Waals surface area contributed by atoms with Crippen LogP contribution in [-0.2, 0) is 4.79 Å². The first-order chi connectivity index (χ1) is 14.1. The number of esters is 1. The molecular formula is C22H16BrN3O3. The van der Waals surface area contributed by atoms with Crippen molar-refractivity contribution in [1.82, 2.24) is 10.4 Å². The van der Waals surface area contributed by atoms with Crippen LogP contribution < -0.4 is 10.2 Å². The molecule has 0 radical (unpaired) electrons. The number of benzene rings is 2. The summed E-state index contributed by atoms with van der Waals surface area (Å²) in [6.07, 6.45) is 7.47. The second-order valence-corrected chi connectivity index (χ2v) is 6.70. The van der Waals surface area contributed by atoms with Crippen LogP contribution in [0.3, 0.4) is 0 Å². The number of hydrogen-bond acceptors (Lipinski definition) is 5. The summed E-state index contributed by atoms with van der Waals surface area (Å²) in [4.78, 5) is 28.0. The molecule has 0 aliphatic carbocycles. The third-order valence-corrected chi connectivity index (χ3v) is 4.20. The number of carbonyl (C=O) groups is 2. The second-order valence-electron chi connectivity index (χ2n) is 5.78. The number of ether oxygens (including phenoxy) is 1. The predicted octanol–water partition coefficient (Wildman–Crippen LogP) is 4.23. The summed E-state index contributed by atoms with van der Waals surface area (Å²) in [6.45, 7) is 0. The van der Waals surface area contributed by atoms with Gasteiger partial charge in [-0.1, -0.05) is 46.3 Å². The van der Waals surface area contributed by atoms with Gasteiger partial charge in [-0.15, -0.1) is 0 Å². The average Bonchev–Trinajstić information content (AvgIpc) is 2.75. The fourth-order valence-corrected chi connectivity index (χ4v) is 2.69. The summed E-state index contributed by atoms with van der Waals surface area (Å²) in [5.41, 5.74) is 4.28. The van der Waals surface area contributed by atoms with E-state index < -0.39 is 5.97 Å². The maximum absolute atomic E-state index is 12.1. The molecule has 0 bridgehead atoms. The molecule has 1 aromatic heterocycles. The summed E-state index contributed by atoms with van der Waals surface area (Å²) in [6, 6.07) is 17.7. The van der Waals surface area contributed by atoms with Crippen molar-refractivity contribution < 1.29 is 14.3 Å². The Morgan fingerprint density at radius 1 is 1.03 bits per heavy atom. The number of pyridine rings is 1. The Bertz CT molecular complexity index is 1050. The molecule has 144 valence electrons. The molecule has 0 fully saturated rings. The van der Waals surface area contributed by atoms with Crippen LogP contribution in [0.1, 0.15) is 21.5 Å². The Morgan fingerprint density at radius 2 is 1.79 bits per heavy atom. The highest BCUT2D eigenvalue weighted by atomic mass is 79.9. The largest absolute Gasteiger partial charge is 0.423 e. The van der Waals surface area contributed by atoms with Gasteiger partial charge in [-0.2, -0.15) is 5.10 Å². The first-order valence-corrected chi connectivity index (χ1v) is 9.39. The van der Waals surface area contributed by atoms with Gasteiger partial charge >= 0.3 is 5.97 Å². The lowest BCUT2D eigenvalue weighted by molar-refractivity contribution is -0.128. The number of nitrogens with one attached hydrogen (secondary N) is 1. The van der Waals surface area contributed by atoms with Gasteiger partial charge in [0.15, 0.2) is 0 Å². The molecule has 0 saturated heterocycles. The van der Waals surface area contributed by atoms with Gasteiger partial charge in [-0.3, -0.25) is 9.78 Å². The van der Waals surface area contributed by atoms with E-state index in [4.69, 9.17) is 4.74 Å². The quantitative estimate of drug-likeness (QED) is 0.201. The van der Waals surface area contributed by atoms with E-state index in [-0.39, 0.29) is 5.91 Å². The summed E-state index contributed by atoms with van der Waals surface area (Å²) in [5.74, 6) is -0.576. The minimum absolute atomic E-state index is 0.317. The maximum atomic E-state index is 12.1. The molecule has 0 aliphatic heterocycles. The van der Waals surface area contributed by atoms with E-state index in [1.165, 1.54) is 24.7 Å². The molecule has 0 spiro atoms. The van der Waals surface area contributed by atoms with Crippen LogP contribution in [-0.4, -0.2) is 23.1 Å². The van der Waals surface area contributed by atoms with Gasteiger partial charge in [0.25, 0.3) is 5.91 Å². The number of halogens is 1. The van der Waals surface area contributed by atoms with E-state index in [1.54, 1.807) is 36.4 Å². The minimum atomic E-state index is -0.522. The molecule has 0 unspecified atom stereocenters. The van der Waals surface area contributed by atoms with Gasteiger partial charge in [0.2, 0.25) is 0 Å². The average molecular weight is 450 g/mol. The van der Waals surface area contributed by atoms with Crippen LogP contribution in [0, 0.1) is 0 Å². The maximum Gasteiger partial charge on any atom is 0.336 e. The van der Waals surface area contributed by atoms with E-state index >= 15 is 0 Å². The zero-order chi connectivity index (χ0) is 20.5. The Hall–Kier alpha value is -3.58. The van der Waals surface area contributed by atoms with Crippen molar-refractivity contribution in [2.24, 2.45) is 5.10 Å². The second kappa shape index (κ2) is 10.1. The van der Waals surface area contributed by atoms with Crippen molar-refractivity contribution in [2.45, 2.75) is 0 Å². The summed E-state index contributed by atoms with van der Waals surface area (Å²) in [5, 5.41) is 3.95. The standard InChI is InChI=1S/C22H16BrN3O3/c23-19-7-8-20(29-21(27)9-6-16-4-2-1-3-5-16)18(14-19)15-25-26-22(28)17-10-12-24-13-11-17/h1-15H,(H,26,28). The van der Waals surface area contributed by atoms with Crippen LogP contribution in [0.25, 0.3) is 6.08 Å². The molecule has 1 amide bonds. The number of hydrogen-bond donors (Lipinski definition) is 1. The number of nitrogens with zero attached hydrogens (tertiary/aromatic N) is 2. The number of carbonyl (C=O) groups excluding carboxylic acids is 2. The lowest BCUT2D eigenvalue weighted by Crippen LogP contribution is -2.17. The Morgan fingerprint density at radius 3 is 2.55 bits per heavy atom. The molecule has 1 N–H and O–H groups in total. The normalized spacial score (nSPS) is 10.9. The van der Waals surface area contributed by atoms with Gasteiger partial charge < -0.3 is 4.74 Å². The van der Waals surface area contributed by atoms with E-state index in [1.807, 2.05) is 30.3 Å². The Kier molecular flexibility index (Phi) is 7.02. The topological polar surface area (TPSA) is 80.6 Å². The smallest absolute Gasteiger partial charge is 0.336 e. The Labute approximate surface area is 176 Å². The fourth-order valence-electron chi connectivity index (χ4n) is 2.31. The van der Waals surface area contributed by atoms with E-state index in [0.29, 0.717) is 16.9 Å². The van der Waals surface area contributed by atoms with Gasteiger partial charge in [0.05, 0.1) is 6.21 Å². The van der Waals surface area contributed by atoms with Crippen LogP contribution >= 0.6 is 15.9 Å². The predicted molar refractivity (Wildman–Crippen MR) is 115 cm³/mol. The minimum Gasteiger partial charge on any atom is -0.423 e. The fraction of sp³-hybridized carbons (Fsp3) is 0. The zero-order valence-corrected chi connectivity index (χ0v) is 16.7. The lowest BCUT2D eigenvalue weighted by atomic mass is 10.2. The molecule has 0 saturated carbocycles. The molecule has 6 nitrogen and oxygen atoms in total. The summed E-state index contributed by atoms with van der Waals surface area (Å²) >= 11 is 3.37. The van der Waals surface area contributed by atoms with Gasteiger partial charge in [0, 0.05) is 34.1 Å². The van der Waals surface area contributed by atoms with E-state index in [0.717, 1.165) is 10.0 Å². The molecule has 7 heteroatoms. The number of hydrazone groups is 1. The van der Waals surface area contributed by atoms with Crippen molar-refractivity contribution in [3.63, 3.8) is 0 Å². The highest BCUT2D eigenvalue weighted by Gasteiger charge is 2.08. The number of rotatable bonds is 6. The van der Waals surface area contributed by atoms with E-state index in [9.17, 15) is 9.59 Å². The SMILES string of the molecule is O=C(C=Cc1ccccc1)Oc1ccc(Br)cc1C=NNC(=O)c1ccncc1. The molecule has 3 aromatic rings. The van der Waals surface area contributed by atoms with E-state index in [2.05, 4.69) is 31.4 Å². The first-order valence-electron chi connectivity index (χ1n) is 8.60. The molecule has 2 aromatic carbocycles. The monoisotopic (exact) mass is 449 g/mol. The highest BCUT2D eigenvalue weighted by molar-refractivity contribution is 9.10. The molecular weight excluding hydrogens is 434 g/mol. The first kappa shape index (κ1) is 20.2. The Balaban J connectivity index is 1.68. The zero-order valence-electron chi connectivity index (χ0n) is 15.2. The van der Waals surface area contributed by atoms with Gasteiger partial charge in [-0.25, -0.2) is 10.2 Å². The van der Waals surface area contributed by atoms with Crippen molar-refractivity contribution in [2.75, 3.05) is 0 Å². The molecule has 3 rings (SSSR count). The third kappa shape index (κ3) is 6.22. The molecule has 0 atom stereocenters. The molecule has 1 heterocycles. The molecule has 0 aliphatic rings. The van der Waals surface area contributed by atoms with Crippen LogP contribution in [0.15, 0.2) is 88.7 Å². The summed E-state index contributed by atoms with van der Waals surface area (Å²) in [7, 11) is 0. The lowest BCUT2D eigenvalue weighted by Gasteiger charge is -2.06. The van der Waals surface area contributed by atoms with Gasteiger partial charge in [-0.05, 0) is 42.0 Å². The van der Waals surface area contributed by atoms with Crippen LogP contribution in [0.5, 0.6) is 5.75 Å². The highest BCUT2D eigenvalue weighted by Crippen LogP contribution is 2.22. The summed E-state index contributed by atoms with van der Waals surface area (Å²) < 4.78 is 6.18. The van der Waals surface area contributed by atoms with Crippen LogP contribution in [0.2, 0.25) is 0 Å². The van der Waals surface area contributed by atoms with Gasteiger partial charge in [0.1, 0.15) is 5.75 Å².